The molecule has 1 saturated heterocycles. The quantitative estimate of drug-likeness (QED) is 0.619. The molecule has 2 amide bonds. The number of nitrogens with one attached hydrogen (secondary N) is 1. The Kier molecular flexibility index (Phi) is 6.19. The highest BCUT2D eigenvalue weighted by molar-refractivity contribution is 7.15. The molecule has 0 unspecified atom stereocenters. The van der Waals surface area contributed by atoms with Gasteiger partial charge in [-0.2, -0.15) is 0 Å². The predicted octanol–water partition coefficient (Wildman–Crippen LogP) is 1.45. The molecule has 9 nitrogen and oxygen atoms in total. The van der Waals surface area contributed by atoms with Crippen LogP contribution in [0.25, 0.3) is 4.96 Å². The highest BCUT2D eigenvalue weighted by atomic mass is 32.1. The second kappa shape index (κ2) is 9.03. The number of fused-ring (bicyclic) bond motifs is 1. The summed E-state index contributed by atoms with van der Waals surface area (Å²) < 4.78 is 6.66. The lowest BCUT2D eigenvalue weighted by molar-refractivity contribution is -0.136. The molecule has 164 valence electrons. The Balaban J connectivity index is 1.35. The van der Waals surface area contributed by atoms with Crippen molar-refractivity contribution in [1.29, 1.82) is 0 Å². The third kappa shape index (κ3) is 4.70. The molecule has 4 heterocycles. The molecule has 1 aliphatic heterocycles. The first-order valence-electron chi connectivity index (χ1n) is 10.2. The summed E-state index contributed by atoms with van der Waals surface area (Å²) in [7, 11) is 0. The minimum absolute atomic E-state index is 0.0564. The molecule has 3 aromatic rings. The fourth-order valence-corrected chi connectivity index (χ4v) is 4.39. The molecule has 10 heteroatoms. The Hall–Kier alpha value is -2.98. The van der Waals surface area contributed by atoms with Crippen LogP contribution >= 0.6 is 11.3 Å². The summed E-state index contributed by atoms with van der Waals surface area (Å²) >= 11 is 1.43. The van der Waals surface area contributed by atoms with Crippen LogP contribution in [0.4, 0.5) is 0 Å². The highest BCUT2D eigenvalue weighted by Crippen LogP contribution is 2.13. The first kappa shape index (κ1) is 21.3. The summed E-state index contributed by atoms with van der Waals surface area (Å²) in [6.45, 7) is 6.84. The normalized spacial score (nSPS) is 16.0. The molecule has 0 spiro atoms. The molecule has 3 aromatic heterocycles. The molecule has 0 radical (unpaired) electrons. The van der Waals surface area contributed by atoms with Gasteiger partial charge in [0.1, 0.15) is 6.04 Å². The molecule has 0 bridgehead atoms. The molecule has 31 heavy (non-hydrogen) atoms. The number of piperazine rings is 1. The van der Waals surface area contributed by atoms with Gasteiger partial charge < -0.3 is 14.6 Å². The van der Waals surface area contributed by atoms with Gasteiger partial charge in [0.15, 0.2) is 10.7 Å². The van der Waals surface area contributed by atoms with E-state index in [0.29, 0.717) is 37.7 Å². The van der Waals surface area contributed by atoms with Gasteiger partial charge in [0.2, 0.25) is 5.91 Å². The monoisotopic (exact) mass is 443 g/mol. The van der Waals surface area contributed by atoms with Crippen molar-refractivity contribution in [2.75, 3.05) is 26.2 Å². The summed E-state index contributed by atoms with van der Waals surface area (Å²) in [6, 6.07) is 4.16. The van der Waals surface area contributed by atoms with Crippen LogP contribution in [0.2, 0.25) is 0 Å². The lowest BCUT2D eigenvalue weighted by Crippen LogP contribution is -2.56. The van der Waals surface area contributed by atoms with Crippen LogP contribution in [0.15, 0.2) is 45.3 Å². The van der Waals surface area contributed by atoms with Gasteiger partial charge in [0, 0.05) is 50.4 Å². The summed E-state index contributed by atoms with van der Waals surface area (Å²) in [6.07, 6.45) is 3.15. The maximum Gasteiger partial charge on any atom is 0.287 e. The van der Waals surface area contributed by atoms with E-state index in [4.69, 9.17) is 4.42 Å². The van der Waals surface area contributed by atoms with Crippen molar-refractivity contribution >= 4 is 28.1 Å². The number of hydrogen-bond donors (Lipinski definition) is 1. The van der Waals surface area contributed by atoms with Gasteiger partial charge >= 0.3 is 0 Å². The Morgan fingerprint density at radius 3 is 2.71 bits per heavy atom. The van der Waals surface area contributed by atoms with Crippen molar-refractivity contribution < 1.29 is 14.0 Å². The van der Waals surface area contributed by atoms with Gasteiger partial charge in [-0.1, -0.05) is 13.8 Å². The molecule has 1 atom stereocenters. The minimum atomic E-state index is -0.618. The SMILES string of the molecule is CC(C)[C@H](NC(=O)c1ccco1)C(=O)N1CCN(Cc2cc(=O)n3ccsc3n2)CC1. The van der Waals surface area contributed by atoms with E-state index < -0.39 is 11.9 Å². The smallest absolute Gasteiger partial charge is 0.287 e. The fraction of sp³-hybridized carbons (Fsp3) is 0.429. The number of aromatic nitrogens is 2. The van der Waals surface area contributed by atoms with E-state index in [1.807, 2.05) is 19.2 Å². The Labute approximate surface area is 183 Å². The third-order valence-electron chi connectivity index (χ3n) is 5.39. The van der Waals surface area contributed by atoms with Gasteiger partial charge in [0.25, 0.3) is 11.5 Å². The molecule has 1 fully saturated rings. The highest BCUT2D eigenvalue weighted by Gasteiger charge is 2.31. The number of nitrogens with zero attached hydrogens (tertiary/aromatic N) is 4. The van der Waals surface area contributed by atoms with Gasteiger partial charge in [-0.25, -0.2) is 4.98 Å². The lowest BCUT2D eigenvalue weighted by atomic mass is 10.0. The van der Waals surface area contributed by atoms with E-state index in [0.717, 1.165) is 5.69 Å². The van der Waals surface area contributed by atoms with Crippen molar-refractivity contribution in [3.05, 3.63) is 57.8 Å². The van der Waals surface area contributed by atoms with E-state index in [9.17, 15) is 14.4 Å². The number of furan rings is 1. The first-order valence-corrected chi connectivity index (χ1v) is 11.1. The van der Waals surface area contributed by atoms with E-state index in [2.05, 4.69) is 15.2 Å². The number of thiazole rings is 1. The average Bonchev–Trinajstić information content (AvgIpc) is 3.44. The van der Waals surface area contributed by atoms with Crippen LogP contribution in [-0.4, -0.2) is 63.2 Å². The standard InChI is InChI=1S/C21H25N5O4S/c1-14(2)18(23-19(28)16-4-3-10-30-16)20(29)25-7-5-24(6-8-25)13-15-12-17(27)26-9-11-31-21(26)22-15/h3-4,9-12,14,18H,5-8,13H2,1-2H3,(H,23,28)/t18-/m0/s1. The molecule has 1 N–H and O–H groups in total. The van der Waals surface area contributed by atoms with E-state index >= 15 is 0 Å². The minimum Gasteiger partial charge on any atom is -0.459 e. The Morgan fingerprint density at radius 1 is 1.26 bits per heavy atom. The molecule has 1 aliphatic rings. The van der Waals surface area contributed by atoms with Crippen molar-refractivity contribution in [3.8, 4) is 0 Å². The zero-order valence-electron chi connectivity index (χ0n) is 17.5. The van der Waals surface area contributed by atoms with Crippen LogP contribution in [0, 0.1) is 5.92 Å². The topological polar surface area (TPSA) is 100 Å². The second-order valence-corrected chi connectivity index (χ2v) is 8.79. The van der Waals surface area contributed by atoms with Gasteiger partial charge in [0.05, 0.1) is 12.0 Å². The first-order chi connectivity index (χ1) is 14.9. The van der Waals surface area contributed by atoms with Gasteiger partial charge in [-0.05, 0) is 18.1 Å². The third-order valence-corrected chi connectivity index (χ3v) is 6.15. The number of rotatable bonds is 6. The molecule has 0 saturated carbocycles. The maximum absolute atomic E-state index is 13.1. The van der Waals surface area contributed by atoms with E-state index in [1.165, 1.54) is 22.0 Å². The average molecular weight is 444 g/mol. The van der Waals surface area contributed by atoms with Crippen molar-refractivity contribution in [3.63, 3.8) is 0 Å². The van der Waals surface area contributed by atoms with E-state index in [-0.39, 0.29) is 23.1 Å². The molecule has 0 aliphatic carbocycles. The number of carbonyl (C=O) groups is 2. The Bertz CT molecular complexity index is 1110. The summed E-state index contributed by atoms with van der Waals surface area (Å²) in [4.78, 5) is 46.8. The molecule has 4 rings (SSSR count). The predicted molar refractivity (Wildman–Crippen MR) is 116 cm³/mol. The number of amides is 2. The van der Waals surface area contributed by atoms with E-state index in [1.54, 1.807) is 29.3 Å². The van der Waals surface area contributed by atoms with Crippen LogP contribution < -0.4 is 10.9 Å². The summed E-state index contributed by atoms with van der Waals surface area (Å²) in [5, 5.41) is 4.65. The molecular formula is C21H25N5O4S. The number of hydrogen-bond acceptors (Lipinski definition) is 7. The van der Waals surface area contributed by atoms with Gasteiger partial charge in [-0.3, -0.25) is 23.7 Å². The summed E-state index contributed by atoms with van der Waals surface area (Å²) in [5.74, 6) is -0.350. The Morgan fingerprint density at radius 2 is 2.03 bits per heavy atom. The largest absolute Gasteiger partial charge is 0.459 e. The maximum atomic E-state index is 13.1. The summed E-state index contributed by atoms with van der Waals surface area (Å²) in [5.41, 5.74) is 0.653. The zero-order valence-corrected chi connectivity index (χ0v) is 18.3. The number of carbonyl (C=O) groups excluding carboxylic acids is 2. The van der Waals surface area contributed by atoms with Crippen molar-refractivity contribution in [1.82, 2.24) is 24.5 Å². The fourth-order valence-electron chi connectivity index (χ4n) is 3.65. The van der Waals surface area contributed by atoms with Crippen LogP contribution in [0.1, 0.15) is 30.1 Å². The molecular weight excluding hydrogens is 418 g/mol. The zero-order chi connectivity index (χ0) is 22.0. The van der Waals surface area contributed by atoms with Crippen molar-refractivity contribution in [2.45, 2.75) is 26.4 Å². The lowest BCUT2D eigenvalue weighted by Gasteiger charge is -2.37. The second-order valence-electron chi connectivity index (χ2n) is 7.92. The molecule has 0 aromatic carbocycles. The van der Waals surface area contributed by atoms with Crippen molar-refractivity contribution in [2.24, 2.45) is 5.92 Å². The van der Waals surface area contributed by atoms with Crippen LogP contribution in [0.5, 0.6) is 0 Å². The van der Waals surface area contributed by atoms with Gasteiger partial charge in [-0.15, -0.1) is 11.3 Å². The van der Waals surface area contributed by atoms with Crippen LogP contribution in [0.3, 0.4) is 0 Å². The van der Waals surface area contributed by atoms with Crippen LogP contribution in [-0.2, 0) is 11.3 Å².